The van der Waals surface area contributed by atoms with Gasteiger partial charge in [-0.1, -0.05) is 0 Å². The number of ketones is 1. The van der Waals surface area contributed by atoms with Crippen molar-refractivity contribution >= 4 is 17.1 Å². The van der Waals surface area contributed by atoms with E-state index in [4.69, 9.17) is 0 Å². The van der Waals surface area contributed by atoms with Crippen molar-refractivity contribution in [2.24, 2.45) is 0 Å². The Morgan fingerprint density at radius 2 is 1.94 bits per heavy atom. The number of rotatable bonds is 2. The fourth-order valence-electron chi connectivity index (χ4n) is 1.05. The molecule has 17 heavy (non-hydrogen) atoms. The monoisotopic (exact) mass is 259 g/mol. The van der Waals surface area contributed by atoms with E-state index in [0.29, 0.717) is 0 Å². The average Bonchev–Trinajstić information content (AvgIpc) is 2.78. The maximum absolute atomic E-state index is 12.3. The normalized spacial score (nSPS) is 11.5. The summed E-state index contributed by atoms with van der Waals surface area (Å²) in [6, 6.07) is 0. The molecule has 0 bridgehead atoms. The van der Waals surface area contributed by atoms with Crippen LogP contribution in [0.25, 0.3) is 0 Å². The molecule has 0 saturated heterocycles. The molecular weight excluding hydrogens is 255 g/mol. The molecule has 2 rings (SSSR count). The minimum atomic E-state index is -4.54. The molecule has 0 aliphatic carbocycles. The molecule has 8 heteroatoms. The van der Waals surface area contributed by atoms with E-state index < -0.39 is 17.0 Å². The molecule has 0 radical (unpaired) electrons. The molecule has 2 aromatic heterocycles. The van der Waals surface area contributed by atoms with E-state index in [1.807, 2.05) is 0 Å². The third-order valence-electron chi connectivity index (χ3n) is 1.77. The van der Waals surface area contributed by atoms with Crippen LogP contribution in [-0.4, -0.2) is 20.7 Å². The van der Waals surface area contributed by atoms with Crippen LogP contribution in [0.3, 0.4) is 0 Å². The van der Waals surface area contributed by atoms with E-state index in [-0.39, 0.29) is 21.9 Å². The summed E-state index contributed by atoms with van der Waals surface area (Å²) < 4.78 is 36.8. The number of nitrogens with zero attached hydrogens (tertiary/aromatic N) is 3. The third kappa shape index (κ3) is 2.47. The van der Waals surface area contributed by atoms with Crippen molar-refractivity contribution in [1.29, 1.82) is 0 Å². The zero-order valence-electron chi connectivity index (χ0n) is 8.10. The van der Waals surface area contributed by atoms with Gasteiger partial charge in [0.25, 0.3) is 0 Å². The highest BCUT2D eigenvalue weighted by molar-refractivity contribution is 7.13. The number of carbonyl (C=O) groups excluding carboxylic acids is 1. The van der Waals surface area contributed by atoms with Gasteiger partial charge in [-0.25, -0.2) is 9.97 Å². The van der Waals surface area contributed by atoms with Gasteiger partial charge in [0.15, 0.2) is 5.01 Å². The van der Waals surface area contributed by atoms with Gasteiger partial charge in [0.2, 0.25) is 5.78 Å². The topological polar surface area (TPSA) is 55.7 Å². The Balaban J connectivity index is 2.30. The molecule has 2 heterocycles. The average molecular weight is 259 g/mol. The van der Waals surface area contributed by atoms with Gasteiger partial charge in [-0.2, -0.15) is 13.2 Å². The molecule has 88 valence electrons. The quantitative estimate of drug-likeness (QED) is 0.776. The number of thiazole rings is 1. The van der Waals surface area contributed by atoms with Crippen LogP contribution in [0.15, 0.2) is 24.8 Å². The molecule has 0 aromatic carbocycles. The molecule has 0 spiro atoms. The standard InChI is InChI=1S/C9H4F3N3OS/c10-9(11,12)8-15-4-6(17-8)7(16)5-3-13-1-2-14-5/h1-4H. The summed E-state index contributed by atoms with van der Waals surface area (Å²) in [7, 11) is 0. The summed E-state index contributed by atoms with van der Waals surface area (Å²) in [6.45, 7) is 0. The zero-order chi connectivity index (χ0) is 12.5. The van der Waals surface area contributed by atoms with E-state index in [1.165, 1.54) is 18.6 Å². The van der Waals surface area contributed by atoms with Crippen molar-refractivity contribution in [2.45, 2.75) is 6.18 Å². The minimum Gasteiger partial charge on any atom is -0.286 e. The first kappa shape index (κ1) is 11.6. The highest BCUT2D eigenvalue weighted by atomic mass is 32.1. The molecule has 0 aliphatic heterocycles. The van der Waals surface area contributed by atoms with Crippen LogP contribution in [0.4, 0.5) is 13.2 Å². The van der Waals surface area contributed by atoms with Gasteiger partial charge >= 0.3 is 6.18 Å². The van der Waals surface area contributed by atoms with E-state index in [2.05, 4.69) is 15.0 Å². The van der Waals surface area contributed by atoms with Crippen LogP contribution in [-0.2, 0) is 6.18 Å². The molecule has 0 atom stereocenters. The lowest BCUT2D eigenvalue weighted by Crippen LogP contribution is -2.03. The van der Waals surface area contributed by atoms with Crippen LogP contribution in [0, 0.1) is 0 Å². The Labute approximate surface area is 97.2 Å². The first-order valence-electron chi connectivity index (χ1n) is 4.32. The fourth-order valence-corrected chi connectivity index (χ4v) is 1.78. The van der Waals surface area contributed by atoms with E-state index in [1.54, 1.807) is 0 Å². The van der Waals surface area contributed by atoms with Gasteiger partial charge in [0.05, 0.1) is 11.1 Å². The van der Waals surface area contributed by atoms with Crippen molar-refractivity contribution in [2.75, 3.05) is 0 Å². The molecule has 2 aromatic rings. The summed E-state index contributed by atoms with van der Waals surface area (Å²) >= 11 is 0.289. The minimum absolute atomic E-state index is 0.00938. The van der Waals surface area contributed by atoms with Gasteiger partial charge in [-0.15, -0.1) is 11.3 Å². The van der Waals surface area contributed by atoms with Gasteiger partial charge in [0.1, 0.15) is 5.69 Å². The van der Waals surface area contributed by atoms with Gasteiger partial charge in [0, 0.05) is 18.6 Å². The molecule has 4 nitrogen and oxygen atoms in total. The first-order valence-corrected chi connectivity index (χ1v) is 5.14. The van der Waals surface area contributed by atoms with Crippen molar-refractivity contribution in [3.63, 3.8) is 0 Å². The second-order valence-electron chi connectivity index (χ2n) is 2.95. The molecule has 0 aliphatic rings. The van der Waals surface area contributed by atoms with Crippen LogP contribution >= 0.6 is 11.3 Å². The lowest BCUT2D eigenvalue weighted by Gasteiger charge is -1.98. The van der Waals surface area contributed by atoms with Gasteiger partial charge < -0.3 is 0 Å². The Kier molecular flexibility index (Phi) is 2.88. The van der Waals surface area contributed by atoms with Crippen molar-refractivity contribution in [1.82, 2.24) is 15.0 Å². The number of hydrogen-bond donors (Lipinski definition) is 0. The first-order chi connectivity index (χ1) is 7.98. The highest BCUT2D eigenvalue weighted by Crippen LogP contribution is 2.32. The number of hydrogen-bond acceptors (Lipinski definition) is 5. The SMILES string of the molecule is O=C(c1cnccn1)c1cnc(C(F)(F)F)s1. The number of aromatic nitrogens is 3. The lowest BCUT2D eigenvalue weighted by molar-refractivity contribution is -0.137. The van der Waals surface area contributed by atoms with Crippen LogP contribution in [0.1, 0.15) is 20.4 Å². The predicted molar refractivity (Wildman–Crippen MR) is 52.6 cm³/mol. The second kappa shape index (κ2) is 4.21. The van der Waals surface area contributed by atoms with Crippen molar-refractivity contribution < 1.29 is 18.0 Å². The number of alkyl halides is 3. The lowest BCUT2D eigenvalue weighted by atomic mass is 10.3. The molecule has 0 amide bonds. The Morgan fingerprint density at radius 1 is 1.18 bits per heavy atom. The van der Waals surface area contributed by atoms with E-state index in [9.17, 15) is 18.0 Å². The van der Waals surface area contributed by atoms with Crippen LogP contribution < -0.4 is 0 Å². The highest BCUT2D eigenvalue weighted by Gasteiger charge is 2.35. The molecule has 0 saturated carbocycles. The smallest absolute Gasteiger partial charge is 0.286 e. The molecular formula is C9H4F3N3OS. The summed E-state index contributed by atoms with van der Waals surface area (Å²) in [4.78, 5) is 22.1. The van der Waals surface area contributed by atoms with Crippen LogP contribution in [0.5, 0.6) is 0 Å². The fraction of sp³-hybridized carbons (Fsp3) is 0.111. The second-order valence-corrected chi connectivity index (χ2v) is 3.98. The number of halogens is 3. The van der Waals surface area contributed by atoms with E-state index in [0.717, 1.165) is 6.20 Å². The summed E-state index contributed by atoms with van der Waals surface area (Å²) in [5, 5.41) is -1.05. The summed E-state index contributed by atoms with van der Waals surface area (Å²) in [6.07, 6.45) is 0.203. The molecule has 0 fully saturated rings. The predicted octanol–water partition coefficient (Wildman–Crippen LogP) is 2.18. The Morgan fingerprint density at radius 3 is 2.47 bits per heavy atom. The third-order valence-corrected chi connectivity index (χ3v) is 2.81. The maximum atomic E-state index is 12.3. The summed E-state index contributed by atoms with van der Waals surface area (Å²) in [5.41, 5.74) is -0.00938. The maximum Gasteiger partial charge on any atom is 0.443 e. The van der Waals surface area contributed by atoms with Gasteiger partial charge in [-0.05, 0) is 0 Å². The molecule has 0 N–H and O–H groups in total. The van der Waals surface area contributed by atoms with Crippen molar-refractivity contribution in [3.8, 4) is 0 Å². The van der Waals surface area contributed by atoms with E-state index >= 15 is 0 Å². The van der Waals surface area contributed by atoms with Crippen molar-refractivity contribution in [3.05, 3.63) is 40.4 Å². The Hall–Kier alpha value is -1.83. The Bertz CT molecular complexity index is 538. The summed E-state index contributed by atoms with van der Waals surface area (Å²) in [5.74, 6) is -0.619. The molecule has 0 unspecified atom stereocenters. The zero-order valence-corrected chi connectivity index (χ0v) is 8.92. The van der Waals surface area contributed by atoms with Gasteiger partial charge in [-0.3, -0.25) is 9.78 Å². The number of carbonyl (C=O) groups is 1. The van der Waals surface area contributed by atoms with Crippen LogP contribution in [0.2, 0.25) is 0 Å². The largest absolute Gasteiger partial charge is 0.443 e.